The molecule has 2 rings (SSSR count). The van der Waals surface area contributed by atoms with Crippen molar-refractivity contribution in [1.29, 1.82) is 0 Å². The van der Waals surface area contributed by atoms with E-state index in [-0.39, 0.29) is 0 Å². The molecule has 0 aliphatic carbocycles. The van der Waals surface area contributed by atoms with Crippen LogP contribution in [0.15, 0.2) is 29.5 Å². The van der Waals surface area contributed by atoms with E-state index in [1.807, 2.05) is 0 Å². The number of halogens is 2. The quantitative estimate of drug-likeness (QED) is 0.645. The lowest BCUT2D eigenvalue weighted by Crippen LogP contribution is -2.45. The van der Waals surface area contributed by atoms with E-state index < -0.39 is 12.0 Å². The van der Waals surface area contributed by atoms with Crippen LogP contribution in [0.25, 0.3) is 0 Å². The molecule has 0 radical (unpaired) electrons. The molecule has 0 saturated carbocycles. The Morgan fingerprint density at radius 1 is 1.40 bits per heavy atom. The zero-order chi connectivity index (χ0) is 14.9. The van der Waals surface area contributed by atoms with E-state index in [2.05, 4.69) is 10.6 Å². The summed E-state index contributed by atoms with van der Waals surface area (Å²) in [5, 5.41) is 7.33. The fraction of sp³-hybridized carbons (Fsp3) is 0.231. The molecule has 0 amide bonds. The van der Waals surface area contributed by atoms with E-state index in [1.54, 1.807) is 25.1 Å². The van der Waals surface area contributed by atoms with E-state index in [0.717, 1.165) is 0 Å². The van der Waals surface area contributed by atoms with E-state index in [0.29, 0.717) is 32.0 Å². The number of esters is 1. The van der Waals surface area contributed by atoms with Crippen molar-refractivity contribution in [2.24, 2.45) is 0 Å². The van der Waals surface area contributed by atoms with Gasteiger partial charge in [-0.1, -0.05) is 29.3 Å². The van der Waals surface area contributed by atoms with E-state index >= 15 is 0 Å². The summed E-state index contributed by atoms with van der Waals surface area (Å²) in [5.41, 5.74) is 1.78. The summed E-state index contributed by atoms with van der Waals surface area (Å²) in [6.07, 6.45) is 0. The van der Waals surface area contributed by atoms with Gasteiger partial charge in [-0.15, -0.1) is 0 Å². The monoisotopic (exact) mass is 330 g/mol. The lowest BCUT2D eigenvalue weighted by molar-refractivity contribution is -0.136. The van der Waals surface area contributed by atoms with Crippen molar-refractivity contribution in [1.82, 2.24) is 10.6 Å². The van der Waals surface area contributed by atoms with Gasteiger partial charge in [-0.3, -0.25) is 0 Å². The SMILES string of the molecule is COC(=O)C1=C(C)NC(=S)NC1c1ccc(Cl)cc1Cl. The van der Waals surface area contributed by atoms with Gasteiger partial charge in [-0.2, -0.15) is 0 Å². The molecule has 1 aromatic carbocycles. The van der Waals surface area contributed by atoms with Gasteiger partial charge in [0, 0.05) is 15.7 Å². The molecule has 0 saturated heterocycles. The van der Waals surface area contributed by atoms with E-state index in [9.17, 15) is 4.79 Å². The summed E-state index contributed by atoms with van der Waals surface area (Å²) in [4.78, 5) is 12.0. The minimum atomic E-state index is -0.471. The molecule has 4 nitrogen and oxygen atoms in total. The largest absolute Gasteiger partial charge is 0.466 e. The normalized spacial score (nSPS) is 18.4. The Balaban J connectivity index is 2.54. The molecule has 0 spiro atoms. The van der Waals surface area contributed by atoms with Crippen molar-refractivity contribution in [2.45, 2.75) is 13.0 Å². The Labute approximate surface area is 132 Å². The molecule has 1 unspecified atom stereocenters. The maximum absolute atomic E-state index is 12.0. The van der Waals surface area contributed by atoms with Crippen LogP contribution in [0.3, 0.4) is 0 Å². The minimum absolute atomic E-state index is 0.422. The average molecular weight is 331 g/mol. The van der Waals surface area contributed by atoms with Crippen LogP contribution in [0.1, 0.15) is 18.5 Å². The predicted molar refractivity (Wildman–Crippen MR) is 82.8 cm³/mol. The molecule has 1 aliphatic heterocycles. The first-order valence-corrected chi connectivity index (χ1v) is 6.92. The fourth-order valence-corrected chi connectivity index (χ4v) is 2.83. The molecular weight excluding hydrogens is 319 g/mol. The first kappa shape index (κ1) is 15.1. The molecule has 1 aliphatic rings. The maximum Gasteiger partial charge on any atom is 0.337 e. The Bertz CT molecular complexity index is 616. The number of hydrogen-bond donors (Lipinski definition) is 2. The van der Waals surface area contributed by atoms with Gasteiger partial charge in [-0.25, -0.2) is 4.79 Å². The molecule has 0 aromatic heterocycles. The van der Waals surface area contributed by atoms with Crippen LogP contribution in [-0.4, -0.2) is 18.2 Å². The summed E-state index contributed by atoms with van der Waals surface area (Å²) in [6, 6.07) is 4.61. The maximum atomic E-state index is 12.0. The first-order valence-electron chi connectivity index (χ1n) is 5.75. The predicted octanol–water partition coefficient (Wildman–Crippen LogP) is 2.96. The third kappa shape index (κ3) is 2.90. The molecule has 2 N–H and O–H groups in total. The highest BCUT2D eigenvalue weighted by Crippen LogP contribution is 2.33. The lowest BCUT2D eigenvalue weighted by atomic mass is 9.95. The Hall–Kier alpha value is -1.30. The number of ether oxygens (including phenoxy) is 1. The zero-order valence-electron chi connectivity index (χ0n) is 10.8. The van der Waals surface area contributed by atoms with Crippen molar-refractivity contribution >= 4 is 46.5 Å². The van der Waals surface area contributed by atoms with Crippen LogP contribution in [0.4, 0.5) is 0 Å². The van der Waals surface area contributed by atoms with Crippen molar-refractivity contribution in [3.8, 4) is 0 Å². The number of rotatable bonds is 2. The van der Waals surface area contributed by atoms with Gasteiger partial charge < -0.3 is 15.4 Å². The summed E-state index contributed by atoms with van der Waals surface area (Å²) >= 11 is 17.2. The molecule has 1 atom stereocenters. The van der Waals surface area contributed by atoms with Gasteiger partial charge in [0.2, 0.25) is 0 Å². The number of thiocarbonyl (C=S) groups is 1. The number of allylic oxidation sites excluding steroid dienone is 1. The van der Waals surface area contributed by atoms with E-state index in [1.165, 1.54) is 7.11 Å². The first-order chi connectivity index (χ1) is 9.43. The van der Waals surface area contributed by atoms with E-state index in [4.69, 9.17) is 40.2 Å². The standard InChI is InChI=1S/C13H12Cl2N2O2S/c1-6-10(12(18)19-2)11(17-13(20)16-6)8-4-3-7(14)5-9(8)15/h3-5,11H,1-2H3,(H2,16,17,20). The van der Waals surface area contributed by atoms with Crippen LogP contribution in [-0.2, 0) is 9.53 Å². The van der Waals surface area contributed by atoms with Crippen molar-refractivity contribution in [3.05, 3.63) is 45.1 Å². The third-order valence-corrected chi connectivity index (χ3v) is 3.73. The number of carbonyl (C=O) groups excluding carboxylic acids is 1. The molecule has 20 heavy (non-hydrogen) atoms. The van der Waals surface area contributed by atoms with Gasteiger partial charge in [-0.05, 0) is 36.8 Å². The average Bonchev–Trinajstić information content (AvgIpc) is 2.37. The van der Waals surface area contributed by atoms with Crippen LogP contribution < -0.4 is 10.6 Å². The van der Waals surface area contributed by atoms with Crippen molar-refractivity contribution < 1.29 is 9.53 Å². The lowest BCUT2D eigenvalue weighted by Gasteiger charge is -2.30. The third-order valence-electron chi connectivity index (χ3n) is 2.95. The van der Waals surface area contributed by atoms with Crippen LogP contribution in [0.5, 0.6) is 0 Å². The fourth-order valence-electron chi connectivity index (χ4n) is 2.04. The van der Waals surface area contributed by atoms with Crippen LogP contribution in [0, 0.1) is 0 Å². The van der Waals surface area contributed by atoms with Crippen LogP contribution >= 0.6 is 35.4 Å². The smallest absolute Gasteiger partial charge is 0.337 e. The summed E-state index contributed by atoms with van der Waals surface area (Å²) in [6.45, 7) is 1.76. The van der Waals surface area contributed by atoms with Gasteiger partial charge >= 0.3 is 5.97 Å². The molecule has 1 heterocycles. The number of methoxy groups -OCH3 is 1. The second-order valence-electron chi connectivity index (χ2n) is 4.23. The van der Waals surface area contributed by atoms with Crippen molar-refractivity contribution in [2.75, 3.05) is 7.11 Å². The van der Waals surface area contributed by atoms with Crippen LogP contribution in [0.2, 0.25) is 10.0 Å². The second kappa shape index (κ2) is 5.99. The van der Waals surface area contributed by atoms with Gasteiger partial charge in [0.25, 0.3) is 0 Å². The minimum Gasteiger partial charge on any atom is -0.466 e. The van der Waals surface area contributed by atoms with Crippen molar-refractivity contribution in [3.63, 3.8) is 0 Å². The van der Waals surface area contributed by atoms with Gasteiger partial charge in [0.05, 0.1) is 18.7 Å². The molecule has 0 fully saturated rings. The highest BCUT2D eigenvalue weighted by atomic mass is 35.5. The topological polar surface area (TPSA) is 50.4 Å². The number of benzene rings is 1. The Kier molecular flexibility index (Phi) is 4.52. The highest BCUT2D eigenvalue weighted by Gasteiger charge is 2.31. The van der Waals surface area contributed by atoms with Gasteiger partial charge in [0.1, 0.15) is 0 Å². The van der Waals surface area contributed by atoms with Gasteiger partial charge in [0.15, 0.2) is 5.11 Å². The second-order valence-corrected chi connectivity index (χ2v) is 5.48. The molecule has 0 bridgehead atoms. The summed E-state index contributed by atoms with van der Waals surface area (Å²) < 4.78 is 4.82. The molecular formula is C13H12Cl2N2O2S. The zero-order valence-corrected chi connectivity index (χ0v) is 13.1. The molecule has 106 valence electrons. The number of nitrogens with one attached hydrogen (secondary N) is 2. The molecule has 1 aromatic rings. The summed E-state index contributed by atoms with van der Waals surface area (Å²) in [5.74, 6) is -0.444. The highest BCUT2D eigenvalue weighted by molar-refractivity contribution is 7.80. The molecule has 7 heteroatoms. The summed E-state index contributed by atoms with van der Waals surface area (Å²) in [7, 11) is 1.33. The Morgan fingerprint density at radius 3 is 2.70 bits per heavy atom. The Morgan fingerprint density at radius 2 is 2.10 bits per heavy atom. The number of hydrogen-bond acceptors (Lipinski definition) is 3. The number of carbonyl (C=O) groups is 1.